The third kappa shape index (κ3) is 18.5. The zero-order valence-electron chi connectivity index (χ0n) is 58.9. The lowest BCUT2D eigenvalue weighted by atomic mass is 9.95. The highest BCUT2D eigenvalue weighted by molar-refractivity contribution is 5.90. The maximum atomic E-state index is 14.2. The minimum Gasteiger partial charge on any atom is -0.370 e. The first-order valence-electron chi connectivity index (χ1n) is 38.7. The van der Waals surface area contributed by atoms with Gasteiger partial charge in [-0.3, -0.25) is 67.1 Å². The topological polar surface area (TPSA) is 435 Å². The van der Waals surface area contributed by atoms with Crippen LogP contribution in [0.5, 0.6) is 0 Å². The normalized spacial score (nSPS) is 35.9. The van der Waals surface area contributed by atoms with E-state index < -0.39 is 131 Å². The molecule has 0 aromatic heterocycles. The third-order valence-corrected chi connectivity index (χ3v) is 25.3. The largest absolute Gasteiger partial charge is 0.370 e. The van der Waals surface area contributed by atoms with Gasteiger partial charge < -0.3 is 75.3 Å². The number of nitrogens with one attached hydrogen (secondary N) is 12. The zero-order chi connectivity index (χ0) is 71.6. The van der Waals surface area contributed by atoms with Gasteiger partial charge in [-0.2, -0.15) is 0 Å². The highest BCUT2D eigenvalue weighted by atomic mass is 16.2. The number of carbonyl (C=O) groups excluding carboxylic acids is 14. The van der Waals surface area contributed by atoms with Gasteiger partial charge in [0.1, 0.15) is 0 Å². The maximum absolute atomic E-state index is 14.2. The first-order chi connectivity index (χ1) is 48.6. The minimum absolute atomic E-state index is 0.166. The Balaban J connectivity index is 0.603. The van der Waals surface area contributed by atoms with Crippen molar-refractivity contribution in [3.63, 3.8) is 0 Å². The van der Waals surface area contributed by atoms with Crippen LogP contribution in [0.4, 0.5) is 0 Å². The molecule has 11 aliphatic rings. The van der Waals surface area contributed by atoms with Crippen molar-refractivity contribution in [1.82, 2.24) is 63.8 Å². The van der Waals surface area contributed by atoms with Crippen LogP contribution in [0, 0.1) is 65.1 Å². The minimum atomic E-state index is -0.885. The highest BCUT2D eigenvalue weighted by Crippen LogP contribution is 2.38. The second kappa shape index (κ2) is 34.2. The average molecular weight is 1410 g/mol. The molecule has 28 heteroatoms. The molecule has 0 bridgehead atoms. The summed E-state index contributed by atoms with van der Waals surface area (Å²) in [6, 6.07) is -5.38. The summed E-state index contributed by atoms with van der Waals surface area (Å²) in [5.41, 5.74) is 11.1. The summed E-state index contributed by atoms with van der Waals surface area (Å²) in [6.45, 7) is 1.39. The van der Waals surface area contributed by atoms with E-state index in [1.165, 1.54) is 6.92 Å². The highest BCUT2D eigenvalue weighted by Gasteiger charge is 2.48. The van der Waals surface area contributed by atoms with Gasteiger partial charge >= 0.3 is 0 Å². The van der Waals surface area contributed by atoms with Crippen LogP contribution in [-0.4, -0.2) is 155 Å². The number of hydrogen-bond donors (Lipinski definition) is 14. The molecule has 0 aliphatic heterocycles. The molecule has 0 aromatic carbocycles. The average Bonchev–Trinajstić information content (AvgIpc) is 1.70. The van der Waals surface area contributed by atoms with Gasteiger partial charge in [0.25, 0.3) is 0 Å². The van der Waals surface area contributed by atoms with Crippen LogP contribution in [0.2, 0.25) is 0 Å². The van der Waals surface area contributed by atoms with Crippen LogP contribution >= 0.6 is 0 Å². The Bertz CT molecular complexity index is 3120. The van der Waals surface area contributed by atoms with Gasteiger partial charge in [0.15, 0.2) is 0 Å². The number of primary amides is 2. The van der Waals surface area contributed by atoms with Crippen molar-refractivity contribution < 1.29 is 67.1 Å². The van der Waals surface area contributed by atoms with Gasteiger partial charge in [-0.15, -0.1) is 0 Å². The monoisotopic (exact) mass is 1410 g/mol. The number of nitrogens with two attached hydrogens (primary N) is 2. The molecule has 0 aromatic rings. The van der Waals surface area contributed by atoms with Gasteiger partial charge in [-0.1, -0.05) is 70.6 Å². The Morgan fingerprint density at radius 3 is 0.644 bits per heavy atom. The summed E-state index contributed by atoms with van der Waals surface area (Å²) in [7, 11) is 0. The van der Waals surface area contributed by atoms with Crippen molar-refractivity contribution in [3.05, 3.63) is 0 Å². The molecule has 11 fully saturated rings. The number of carbonyl (C=O) groups is 14. The Morgan fingerprint density at radius 1 is 0.248 bits per heavy atom. The SMILES string of the molecule is CC(=O)N[C@H]1CCC[C@@H]1C(=O)N[C@@H](CC(N)=O)CC(=O)N[C@H]1CCC[C@@H]1C(=O)N[C@H]1CCC[C@@H]1C(=O)N[C@H]1CCC[C@@H]1C(=O)N[C@H]1CCC[C@@H]1C(=O)N[C@H]1CCC[C@@H]1C(=O)N[C@H]1CCC[C@@H]1C(=O)N[C@H]1CCC[C@@H]1C(=O)N[C@H]1CCC[C@@H]1C(=O)N[C@H]1CCC[C@@H]1C(=O)N[C@H]1CCC[C@@H]1C(N)=O. The van der Waals surface area contributed by atoms with E-state index in [1.54, 1.807) is 0 Å². The van der Waals surface area contributed by atoms with Gasteiger partial charge in [0.2, 0.25) is 82.7 Å². The summed E-state index contributed by atoms with van der Waals surface area (Å²) in [4.78, 5) is 189. The van der Waals surface area contributed by atoms with E-state index in [1.807, 2.05) is 0 Å². The first-order valence-corrected chi connectivity index (χ1v) is 38.7. The van der Waals surface area contributed by atoms with E-state index in [0.717, 1.165) is 51.4 Å². The Morgan fingerprint density at radius 2 is 0.436 bits per heavy atom. The molecule has 101 heavy (non-hydrogen) atoms. The standard InChI is InChI=1S/C73H112N14O14/c1-37(88)76-51-25-3-14-40(51)64(92)77-38(35-61(74)89)36-62(90)78-52-26-4-15-41(52)65(93)80-54-28-6-17-43(54)67(95)82-56-30-8-19-45(56)69(97)84-58-32-10-21-47(58)71(99)86-60-34-12-23-49(60)73(101)87-59-33-11-22-48(59)72(100)85-57-31-9-20-46(57)70(98)83-55-29-7-18-44(55)68(96)81-53-27-5-16-42(53)66(94)79-50-24-2-13-39(50)63(75)91/h38-60H,2-36H2,1H3,(H2,74,89)(H2,75,91)(H,76,88)(H,77,92)(H,78,90)(H,79,94)(H,80,93)(H,81,96)(H,82,95)(H,83,98)(H,84,97)(H,85,100)(H,86,99)(H,87,101)/t38-,39-,40-,41-,42-,43-,44-,45-,46-,47-,48-,49-,50-,51-,52-,53-,54-,55-,56-,57-,58-,59-,60-/m0/s1. The Kier molecular flexibility index (Phi) is 25.3. The predicted molar refractivity (Wildman–Crippen MR) is 367 cm³/mol. The van der Waals surface area contributed by atoms with Gasteiger partial charge in [-0.25, -0.2) is 0 Å². The molecule has 0 spiro atoms. The molecule has 16 N–H and O–H groups in total. The van der Waals surface area contributed by atoms with Crippen LogP contribution < -0.4 is 75.3 Å². The molecule has 0 heterocycles. The smallest absolute Gasteiger partial charge is 0.225 e. The van der Waals surface area contributed by atoms with Crippen LogP contribution in [0.15, 0.2) is 0 Å². The molecule has 0 unspecified atom stereocenters. The predicted octanol–water partition coefficient (Wildman–Crippen LogP) is 1.38. The lowest BCUT2D eigenvalue weighted by molar-refractivity contribution is -0.133. The van der Waals surface area contributed by atoms with Gasteiger partial charge in [-0.05, 0) is 141 Å². The lowest BCUT2D eigenvalue weighted by Crippen LogP contribution is -2.54. The van der Waals surface area contributed by atoms with Crippen molar-refractivity contribution >= 4 is 82.7 Å². The Hall–Kier alpha value is -7.42. The lowest BCUT2D eigenvalue weighted by Gasteiger charge is -2.29. The van der Waals surface area contributed by atoms with Crippen molar-refractivity contribution in [3.8, 4) is 0 Å². The van der Waals surface area contributed by atoms with E-state index in [-0.39, 0.29) is 102 Å². The van der Waals surface area contributed by atoms with Gasteiger partial charge in [0.05, 0.1) is 65.1 Å². The van der Waals surface area contributed by atoms with Crippen molar-refractivity contribution in [2.24, 2.45) is 76.6 Å². The molecule has 11 aliphatic carbocycles. The number of amides is 14. The van der Waals surface area contributed by atoms with Gasteiger partial charge in [0, 0.05) is 92.3 Å². The first kappa shape index (κ1) is 74.8. The third-order valence-electron chi connectivity index (χ3n) is 25.3. The summed E-state index contributed by atoms with van der Waals surface area (Å²) >= 11 is 0. The molecular weight excluding hydrogens is 1300 g/mol. The maximum Gasteiger partial charge on any atom is 0.225 e. The van der Waals surface area contributed by atoms with Crippen LogP contribution in [-0.2, 0) is 67.1 Å². The molecule has 14 amide bonds. The number of rotatable bonds is 27. The molecule has 0 radical (unpaired) electrons. The molecule has 11 rings (SSSR count). The summed E-state index contributed by atoms with van der Waals surface area (Å²) < 4.78 is 0. The van der Waals surface area contributed by atoms with E-state index in [0.29, 0.717) is 161 Å². The van der Waals surface area contributed by atoms with E-state index >= 15 is 0 Å². The van der Waals surface area contributed by atoms with Crippen molar-refractivity contribution in [1.29, 1.82) is 0 Å². The summed E-state index contributed by atoms with van der Waals surface area (Å²) in [6.07, 6.45) is 20.7. The molecule has 11 saturated carbocycles. The fraction of sp³-hybridized carbons (Fsp3) is 0.808. The summed E-state index contributed by atoms with van der Waals surface area (Å²) in [5.74, 6) is -9.51. The van der Waals surface area contributed by atoms with E-state index in [4.69, 9.17) is 11.5 Å². The fourth-order valence-electron chi connectivity index (χ4n) is 20.0. The van der Waals surface area contributed by atoms with Crippen LogP contribution in [0.3, 0.4) is 0 Å². The molecule has 0 saturated heterocycles. The van der Waals surface area contributed by atoms with Crippen molar-refractivity contribution in [2.75, 3.05) is 0 Å². The second-order valence-electron chi connectivity index (χ2n) is 31.9. The van der Waals surface area contributed by atoms with E-state index in [9.17, 15) is 67.1 Å². The number of hydrogen-bond acceptors (Lipinski definition) is 14. The van der Waals surface area contributed by atoms with Crippen molar-refractivity contribution in [2.45, 2.75) is 304 Å². The molecule has 28 nitrogen and oxygen atoms in total. The van der Waals surface area contributed by atoms with E-state index in [2.05, 4.69) is 63.8 Å². The molecule has 23 atom stereocenters. The summed E-state index contributed by atoms with van der Waals surface area (Å²) in [5, 5.41) is 37.1. The fourth-order valence-corrected chi connectivity index (χ4v) is 20.0. The zero-order valence-corrected chi connectivity index (χ0v) is 58.9. The molecule has 558 valence electrons. The second-order valence-corrected chi connectivity index (χ2v) is 31.9. The van der Waals surface area contributed by atoms with Crippen LogP contribution in [0.25, 0.3) is 0 Å². The Labute approximate surface area is 591 Å². The quantitative estimate of drug-likeness (QED) is 0.0553. The molecular formula is C73H112N14O14. The van der Waals surface area contributed by atoms with Crippen LogP contribution in [0.1, 0.15) is 232 Å².